The average molecular weight is 434 g/mol. The molecule has 0 radical (unpaired) electrons. The molecule has 4 rings (SSSR count). The van der Waals surface area contributed by atoms with E-state index < -0.39 is 18.9 Å². The third-order valence-corrected chi connectivity index (χ3v) is 5.18. The fourth-order valence-electron chi connectivity index (χ4n) is 3.24. The van der Waals surface area contributed by atoms with Crippen LogP contribution in [0.1, 0.15) is 27.3 Å². The number of benzene rings is 2. The maximum Gasteiger partial charge on any atom is 0.275 e. The van der Waals surface area contributed by atoms with E-state index in [9.17, 15) is 13.6 Å². The number of para-hydroxylation sites is 1. The Labute approximate surface area is 176 Å². The minimum Gasteiger partial charge on any atom is -0.327 e. The molecule has 1 aliphatic rings. The minimum absolute atomic E-state index is 0.0727. The molecule has 3 aromatic rings. The molecule has 1 aliphatic heterocycles. The van der Waals surface area contributed by atoms with Crippen LogP contribution in [0, 0.1) is 0 Å². The van der Waals surface area contributed by atoms with Crippen molar-refractivity contribution in [1.29, 1.82) is 0 Å². The van der Waals surface area contributed by atoms with Gasteiger partial charge in [0.25, 0.3) is 12.3 Å². The van der Waals surface area contributed by atoms with Gasteiger partial charge < -0.3 is 4.90 Å². The lowest BCUT2D eigenvalue weighted by molar-refractivity contribution is 0.0571. The second-order valence-corrected chi connectivity index (χ2v) is 7.38. The topological polar surface area (TPSA) is 38.1 Å². The zero-order valence-corrected chi connectivity index (χ0v) is 16.5. The van der Waals surface area contributed by atoms with Crippen LogP contribution in [0.2, 0.25) is 10.0 Å². The molecule has 0 bridgehead atoms. The molecular weight excluding hydrogens is 419 g/mol. The van der Waals surface area contributed by atoms with Crippen LogP contribution in [-0.4, -0.2) is 33.6 Å². The summed E-state index contributed by atoms with van der Waals surface area (Å²) in [6.07, 6.45) is 1.05. The van der Waals surface area contributed by atoms with E-state index in [1.807, 2.05) is 24.3 Å². The van der Waals surface area contributed by atoms with Crippen LogP contribution in [0.25, 0.3) is 17.8 Å². The predicted molar refractivity (Wildman–Crippen MR) is 110 cm³/mol. The summed E-state index contributed by atoms with van der Waals surface area (Å²) < 4.78 is 27.2. The Balaban J connectivity index is 1.79. The molecule has 2 aromatic carbocycles. The molecule has 1 amide bonds. The van der Waals surface area contributed by atoms with Crippen LogP contribution in [0.4, 0.5) is 8.78 Å². The molecule has 0 aliphatic carbocycles. The van der Waals surface area contributed by atoms with Crippen LogP contribution < -0.4 is 0 Å². The fraction of sp³-hybridized carbons (Fsp3) is 0.143. The molecule has 0 fully saturated rings. The third kappa shape index (κ3) is 3.91. The Morgan fingerprint density at radius 2 is 1.79 bits per heavy atom. The summed E-state index contributed by atoms with van der Waals surface area (Å²) in [4.78, 5) is 13.7. The highest BCUT2D eigenvalue weighted by molar-refractivity contribution is 6.32. The van der Waals surface area contributed by atoms with Crippen LogP contribution >= 0.6 is 23.2 Å². The molecule has 0 N–H and O–H groups in total. The number of nitrogens with zero attached hydrogens (tertiary/aromatic N) is 3. The second kappa shape index (κ2) is 7.97. The number of amides is 1. The van der Waals surface area contributed by atoms with Crippen molar-refractivity contribution in [2.24, 2.45) is 0 Å². The summed E-state index contributed by atoms with van der Waals surface area (Å²) in [6, 6.07) is 14.4. The Morgan fingerprint density at radius 1 is 1.07 bits per heavy atom. The van der Waals surface area contributed by atoms with Crippen molar-refractivity contribution in [3.8, 4) is 5.69 Å². The van der Waals surface area contributed by atoms with Gasteiger partial charge in [0.1, 0.15) is 0 Å². The molecular formula is C21H15Cl2F2N3O. The molecule has 8 heteroatoms. The molecule has 0 saturated carbocycles. The molecule has 148 valence electrons. The van der Waals surface area contributed by atoms with Crippen LogP contribution in [-0.2, 0) is 6.54 Å². The summed E-state index contributed by atoms with van der Waals surface area (Å²) in [6.45, 7) is -0.551. The number of halogens is 4. The van der Waals surface area contributed by atoms with E-state index in [1.54, 1.807) is 41.1 Å². The zero-order valence-electron chi connectivity index (χ0n) is 15.0. The third-order valence-electron chi connectivity index (χ3n) is 4.60. The van der Waals surface area contributed by atoms with E-state index in [2.05, 4.69) is 5.10 Å². The molecule has 0 saturated heterocycles. The van der Waals surface area contributed by atoms with Gasteiger partial charge in [-0.15, -0.1) is 0 Å². The standard InChI is InChI=1S/C21H15Cl2F2N3O/c22-14-8-5-13(6-9-14)7-10-17-15-11-27(12-19(24)25)21(29)20(15)26-28(17)18-4-2-1-3-16(18)23/h1-10,19H,11-12H2. The first-order chi connectivity index (χ1) is 13.9. The molecule has 4 nitrogen and oxygen atoms in total. The first kappa shape index (κ1) is 19.6. The number of fused-ring (bicyclic) bond motifs is 1. The molecule has 0 atom stereocenters. The first-order valence-electron chi connectivity index (χ1n) is 8.82. The second-order valence-electron chi connectivity index (χ2n) is 6.54. The van der Waals surface area contributed by atoms with Crippen molar-refractivity contribution in [2.45, 2.75) is 13.0 Å². The smallest absolute Gasteiger partial charge is 0.275 e. The summed E-state index contributed by atoms with van der Waals surface area (Å²) >= 11 is 12.3. The van der Waals surface area contributed by atoms with Crippen LogP contribution in [0.15, 0.2) is 48.5 Å². The van der Waals surface area contributed by atoms with Crippen molar-refractivity contribution in [2.75, 3.05) is 6.54 Å². The molecule has 29 heavy (non-hydrogen) atoms. The largest absolute Gasteiger partial charge is 0.327 e. The molecule has 2 heterocycles. The van der Waals surface area contributed by atoms with Crippen LogP contribution in [0.3, 0.4) is 0 Å². The van der Waals surface area contributed by atoms with Crippen molar-refractivity contribution in [3.05, 3.63) is 81.1 Å². The number of carbonyl (C=O) groups is 1. The van der Waals surface area contributed by atoms with E-state index in [4.69, 9.17) is 23.2 Å². The van der Waals surface area contributed by atoms with Gasteiger partial charge in [-0.1, -0.05) is 53.5 Å². The summed E-state index contributed by atoms with van der Waals surface area (Å²) in [5.74, 6) is -0.507. The van der Waals surface area contributed by atoms with Gasteiger partial charge in [0.2, 0.25) is 0 Å². The van der Waals surface area contributed by atoms with E-state index in [-0.39, 0.29) is 12.2 Å². The predicted octanol–water partition coefficient (Wildman–Crippen LogP) is 5.57. The van der Waals surface area contributed by atoms with Gasteiger partial charge in [0.15, 0.2) is 5.69 Å². The highest BCUT2D eigenvalue weighted by Gasteiger charge is 2.35. The normalized spacial score (nSPS) is 13.7. The number of hydrogen-bond acceptors (Lipinski definition) is 2. The lowest BCUT2D eigenvalue weighted by Gasteiger charge is -2.16. The quantitative estimate of drug-likeness (QED) is 0.527. The lowest BCUT2D eigenvalue weighted by Crippen LogP contribution is -2.30. The van der Waals surface area contributed by atoms with Crippen molar-refractivity contribution in [1.82, 2.24) is 14.7 Å². The SMILES string of the molecule is O=C1c2nn(-c3ccccc3Cl)c(C=Cc3ccc(Cl)cc3)c2CN1CC(F)F. The Kier molecular flexibility index (Phi) is 5.39. The molecule has 0 spiro atoms. The minimum atomic E-state index is -2.60. The average Bonchev–Trinajstić information content (AvgIpc) is 3.18. The highest BCUT2D eigenvalue weighted by Crippen LogP contribution is 2.31. The van der Waals surface area contributed by atoms with E-state index in [1.165, 1.54) is 0 Å². The first-order valence-corrected chi connectivity index (χ1v) is 9.57. The monoisotopic (exact) mass is 433 g/mol. The fourth-order valence-corrected chi connectivity index (χ4v) is 3.59. The van der Waals surface area contributed by atoms with Gasteiger partial charge in [0, 0.05) is 10.6 Å². The molecule has 1 aromatic heterocycles. The Morgan fingerprint density at radius 3 is 2.48 bits per heavy atom. The maximum atomic E-state index is 12.8. The number of alkyl halides is 2. The molecule has 0 unspecified atom stereocenters. The van der Waals surface area contributed by atoms with E-state index in [0.717, 1.165) is 10.5 Å². The van der Waals surface area contributed by atoms with Crippen molar-refractivity contribution < 1.29 is 13.6 Å². The highest BCUT2D eigenvalue weighted by atomic mass is 35.5. The zero-order chi connectivity index (χ0) is 20.5. The van der Waals surface area contributed by atoms with Gasteiger partial charge in [-0.25, -0.2) is 13.5 Å². The van der Waals surface area contributed by atoms with Gasteiger partial charge in [-0.05, 0) is 35.9 Å². The van der Waals surface area contributed by atoms with Gasteiger partial charge in [-0.3, -0.25) is 4.79 Å². The summed E-state index contributed by atoms with van der Waals surface area (Å²) in [5, 5.41) is 5.50. The van der Waals surface area contributed by atoms with Crippen LogP contribution in [0.5, 0.6) is 0 Å². The number of rotatable bonds is 5. The summed E-state index contributed by atoms with van der Waals surface area (Å²) in [5.41, 5.74) is 2.88. The van der Waals surface area contributed by atoms with Gasteiger partial charge >= 0.3 is 0 Å². The van der Waals surface area contributed by atoms with Gasteiger partial charge in [-0.2, -0.15) is 5.10 Å². The number of aromatic nitrogens is 2. The van der Waals surface area contributed by atoms with E-state index >= 15 is 0 Å². The van der Waals surface area contributed by atoms with Crippen molar-refractivity contribution in [3.63, 3.8) is 0 Å². The lowest BCUT2D eigenvalue weighted by atomic mass is 10.1. The Hall–Kier alpha value is -2.70. The van der Waals surface area contributed by atoms with E-state index in [0.29, 0.717) is 27.0 Å². The summed E-state index contributed by atoms with van der Waals surface area (Å²) in [7, 11) is 0. The van der Waals surface area contributed by atoms with Gasteiger partial charge in [0.05, 0.1) is 29.5 Å². The Bertz CT molecular complexity index is 1090. The maximum absolute atomic E-state index is 12.8. The number of hydrogen-bond donors (Lipinski definition) is 0. The van der Waals surface area contributed by atoms with Crippen molar-refractivity contribution >= 4 is 41.3 Å². The number of carbonyl (C=O) groups excluding carboxylic acids is 1.